The fraction of sp³-hybridized carbons (Fsp3) is 0.200. The molecule has 1 N–H and O–H groups in total. The molecule has 3 rings (SSSR count). The number of rotatable bonds is 6. The molecule has 0 saturated carbocycles. The normalized spacial score (nSPS) is 10.8. The Kier molecular flexibility index (Phi) is 5.38. The van der Waals surface area contributed by atoms with Crippen molar-refractivity contribution in [1.29, 1.82) is 0 Å². The molecule has 3 aromatic carbocycles. The van der Waals surface area contributed by atoms with Crippen LogP contribution in [-0.2, 0) is 13.2 Å². The second kappa shape index (κ2) is 7.69. The first-order valence-corrected chi connectivity index (χ1v) is 8.67. The molecule has 0 aromatic heterocycles. The van der Waals surface area contributed by atoms with Crippen LogP contribution in [0.15, 0.2) is 59.1 Å². The summed E-state index contributed by atoms with van der Waals surface area (Å²) >= 11 is 3.51. The first-order chi connectivity index (χ1) is 11.7. The van der Waals surface area contributed by atoms with Gasteiger partial charge in [-0.15, -0.1) is 0 Å². The molecule has 24 heavy (non-hydrogen) atoms. The van der Waals surface area contributed by atoms with Gasteiger partial charge in [-0.1, -0.05) is 36.4 Å². The van der Waals surface area contributed by atoms with Crippen molar-refractivity contribution < 1.29 is 14.6 Å². The van der Waals surface area contributed by atoms with Crippen LogP contribution in [0.4, 0.5) is 0 Å². The van der Waals surface area contributed by atoms with Crippen molar-refractivity contribution in [3.05, 3.63) is 70.2 Å². The zero-order valence-electron chi connectivity index (χ0n) is 13.5. The molecule has 4 heteroatoms. The molecular weight excluding hydrogens is 368 g/mol. The van der Waals surface area contributed by atoms with E-state index < -0.39 is 0 Å². The topological polar surface area (TPSA) is 38.7 Å². The lowest BCUT2D eigenvalue weighted by molar-refractivity contribution is 0.262. The minimum Gasteiger partial charge on any atom is -0.490 e. The smallest absolute Gasteiger partial charge is 0.175 e. The van der Waals surface area contributed by atoms with Crippen LogP contribution in [0.1, 0.15) is 18.1 Å². The van der Waals surface area contributed by atoms with Crippen molar-refractivity contribution in [1.82, 2.24) is 0 Å². The Balaban J connectivity index is 1.84. The second-order valence-electron chi connectivity index (χ2n) is 5.47. The standard InChI is InChI=1S/C20H19BrO3/c1-2-23-19-11-15(12-22)10-18(21)20(19)24-13-14-7-8-16-5-3-4-6-17(16)9-14/h3-11,22H,2,12-13H2,1H3. The summed E-state index contributed by atoms with van der Waals surface area (Å²) < 4.78 is 12.4. The van der Waals surface area contributed by atoms with E-state index in [-0.39, 0.29) is 6.61 Å². The number of fused-ring (bicyclic) bond motifs is 1. The van der Waals surface area contributed by atoms with Crippen molar-refractivity contribution in [3.63, 3.8) is 0 Å². The van der Waals surface area contributed by atoms with E-state index in [4.69, 9.17) is 9.47 Å². The third-order valence-electron chi connectivity index (χ3n) is 3.75. The van der Waals surface area contributed by atoms with Gasteiger partial charge in [0.1, 0.15) is 6.61 Å². The maximum absolute atomic E-state index is 9.34. The Labute approximate surface area is 150 Å². The van der Waals surface area contributed by atoms with Gasteiger partial charge in [0, 0.05) is 0 Å². The molecule has 0 aliphatic heterocycles. The number of ether oxygens (including phenoxy) is 2. The first kappa shape index (κ1) is 16.8. The molecule has 0 fully saturated rings. The quantitative estimate of drug-likeness (QED) is 0.642. The Bertz CT molecular complexity index is 845. The van der Waals surface area contributed by atoms with Gasteiger partial charge in [0.2, 0.25) is 0 Å². The fourth-order valence-corrected chi connectivity index (χ4v) is 3.20. The summed E-state index contributed by atoms with van der Waals surface area (Å²) in [5, 5.41) is 11.7. The maximum atomic E-state index is 9.34. The summed E-state index contributed by atoms with van der Waals surface area (Å²) in [6.45, 7) is 2.87. The summed E-state index contributed by atoms with van der Waals surface area (Å²) in [5.41, 5.74) is 1.87. The molecule has 0 amide bonds. The zero-order valence-corrected chi connectivity index (χ0v) is 15.0. The largest absolute Gasteiger partial charge is 0.490 e. The van der Waals surface area contributed by atoms with Gasteiger partial charge in [-0.3, -0.25) is 0 Å². The zero-order chi connectivity index (χ0) is 16.9. The van der Waals surface area contributed by atoms with Crippen molar-refractivity contribution in [2.75, 3.05) is 6.61 Å². The van der Waals surface area contributed by atoms with Crippen LogP contribution in [0.25, 0.3) is 10.8 Å². The summed E-state index contributed by atoms with van der Waals surface area (Å²) in [5.74, 6) is 1.29. The molecule has 0 aliphatic carbocycles. The van der Waals surface area contributed by atoms with E-state index in [9.17, 15) is 5.11 Å². The molecule has 0 heterocycles. The van der Waals surface area contributed by atoms with Crippen LogP contribution in [0.3, 0.4) is 0 Å². The van der Waals surface area contributed by atoms with Gasteiger partial charge in [0.25, 0.3) is 0 Å². The second-order valence-corrected chi connectivity index (χ2v) is 6.32. The lowest BCUT2D eigenvalue weighted by Crippen LogP contribution is -2.01. The van der Waals surface area contributed by atoms with E-state index in [0.29, 0.717) is 24.7 Å². The first-order valence-electron chi connectivity index (χ1n) is 7.88. The molecule has 0 unspecified atom stereocenters. The predicted molar refractivity (Wildman–Crippen MR) is 99.5 cm³/mol. The predicted octanol–water partition coefficient (Wildman–Crippen LogP) is 5.07. The maximum Gasteiger partial charge on any atom is 0.175 e. The third-order valence-corrected chi connectivity index (χ3v) is 4.34. The minimum atomic E-state index is -0.0381. The highest BCUT2D eigenvalue weighted by Crippen LogP contribution is 2.37. The summed E-state index contributed by atoms with van der Waals surface area (Å²) in [6.07, 6.45) is 0. The molecule has 0 radical (unpaired) electrons. The number of aliphatic hydroxyl groups excluding tert-OH is 1. The van der Waals surface area contributed by atoms with Crippen LogP contribution >= 0.6 is 15.9 Å². The highest BCUT2D eigenvalue weighted by molar-refractivity contribution is 9.10. The molecule has 0 aliphatic rings. The van der Waals surface area contributed by atoms with Gasteiger partial charge in [-0.2, -0.15) is 0 Å². The number of hydrogen-bond acceptors (Lipinski definition) is 3. The van der Waals surface area contributed by atoms with Gasteiger partial charge >= 0.3 is 0 Å². The van der Waals surface area contributed by atoms with Crippen LogP contribution in [0, 0.1) is 0 Å². The van der Waals surface area contributed by atoms with Crippen LogP contribution < -0.4 is 9.47 Å². The van der Waals surface area contributed by atoms with E-state index in [1.54, 1.807) is 0 Å². The highest BCUT2D eigenvalue weighted by atomic mass is 79.9. The summed E-state index contributed by atoms with van der Waals surface area (Å²) in [4.78, 5) is 0. The van der Waals surface area contributed by atoms with Gasteiger partial charge in [0.05, 0.1) is 17.7 Å². The van der Waals surface area contributed by atoms with Gasteiger partial charge in [-0.25, -0.2) is 0 Å². The Morgan fingerprint density at radius 3 is 2.46 bits per heavy atom. The van der Waals surface area contributed by atoms with Crippen LogP contribution in [0.2, 0.25) is 0 Å². The minimum absolute atomic E-state index is 0.0381. The average Bonchev–Trinajstić information content (AvgIpc) is 2.61. The SMILES string of the molecule is CCOc1cc(CO)cc(Br)c1OCc1ccc2ccccc2c1. The van der Waals surface area contributed by atoms with E-state index in [0.717, 1.165) is 15.6 Å². The number of aliphatic hydroxyl groups is 1. The van der Waals surface area contributed by atoms with Crippen LogP contribution in [-0.4, -0.2) is 11.7 Å². The van der Waals surface area contributed by atoms with E-state index in [2.05, 4.69) is 46.3 Å². The summed E-state index contributed by atoms with van der Waals surface area (Å²) in [6, 6.07) is 18.2. The Morgan fingerprint density at radius 2 is 1.71 bits per heavy atom. The van der Waals surface area contributed by atoms with Crippen molar-refractivity contribution in [3.8, 4) is 11.5 Å². The van der Waals surface area contributed by atoms with Crippen molar-refractivity contribution in [2.45, 2.75) is 20.1 Å². The lowest BCUT2D eigenvalue weighted by Gasteiger charge is -2.15. The molecule has 124 valence electrons. The molecule has 0 bridgehead atoms. The van der Waals surface area contributed by atoms with E-state index in [1.165, 1.54) is 10.8 Å². The number of benzene rings is 3. The van der Waals surface area contributed by atoms with E-state index in [1.807, 2.05) is 31.2 Å². The average molecular weight is 387 g/mol. The van der Waals surface area contributed by atoms with Crippen LogP contribution in [0.5, 0.6) is 11.5 Å². The molecule has 3 nitrogen and oxygen atoms in total. The molecule has 0 saturated heterocycles. The van der Waals surface area contributed by atoms with Gasteiger partial charge in [0.15, 0.2) is 11.5 Å². The number of hydrogen-bond donors (Lipinski definition) is 1. The van der Waals surface area contributed by atoms with E-state index >= 15 is 0 Å². The Morgan fingerprint density at radius 1 is 0.917 bits per heavy atom. The molecule has 0 atom stereocenters. The monoisotopic (exact) mass is 386 g/mol. The summed E-state index contributed by atoms with van der Waals surface area (Å²) in [7, 11) is 0. The fourth-order valence-electron chi connectivity index (χ4n) is 2.60. The molecular formula is C20H19BrO3. The van der Waals surface area contributed by atoms with Gasteiger partial charge in [-0.05, 0) is 63.0 Å². The lowest BCUT2D eigenvalue weighted by atomic mass is 10.1. The number of halogens is 1. The third kappa shape index (κ3) is 3.71. The van der Waals surface area contributed by atoms with Crippen molar-refractivity contribution >= 4 is 26.7 Å². The van der Waals surface area contributed by atoms with Gasteiger partial charge < -0.3 is 14.6 Å². The van der Waals surface area contributed by atoms with Crippen molar-refractivity contribution in [2.24, 2.45) is 0 Å². The highest BCUT2D eigenvalue weighted by Gasteiger charge is 2.12. The molecule has 3 aromatic rings. The molecule has 0 spiro atoms. The Hall–Kier alpha value is -2.04.